The molecule has 1 aliphatic rings. The number of rotatable bonds is 4. The van der Waals surface area contributed by atoms with Crippen LogP contribution in [0.2, 0.25) is 0 Å². The first-order valence-corrected chi connectivity index (χ1v) is 12.3. The van der Waals surface area contributed by atoms with Crippen LogP contribution < -0.4 is 4.72 Å². The molecule has 0 spiro atoms. The van der Waals surface area contributed by atoms with Crippen LogP contribution in [0.4, 0.5) is 5.69 Å². The van der Waals surface area contributed by atoms with Gasteiger partial charge < -0.3 is 9.64 Å². The molecule has 31 heavy (non-hydrogen) atoms. The highest BCUT2D eigenvalue weighted by molar-refractivity contribution is 14.1. The number of ether oxygens (including phenoxy) is 1. The summed E-state index contributed by atoms with van der Waals surface area (Å²) in [4.78, 5) is 23.5. The van der Waals surface area contributed by atoms with E-state index in [-0.39, 0.29) is 39.7 Å². The summed E-state index contributed by atoms with van der Waals surface area (Å²) in [7, 11) is -4.02. The van der Waals surface area contributed by atoms with Gasteiger partial charge >= 0.3 is 0 Å². The molecular formula is C21H21IN4O4S. The van der Waals surface area contributed by atoms with E-state index in [9.17, 15) is 13.2 Å². The van der Waals surface area contributed by atoms with Gasteiger partial charge in [0.05, 0.1) is 42.1 Å². The van der Waals surface area contributed by atoms with Crippen molar-refractivity contribution in [3.05, 3.63) is 57.9 Å². The lowest BCUT2D eigenvalue weighted by Crippen LogP contribution is -2.52. The lowest BCUT2D eigenvalue weighted by molar-refractivity contribution is -0.0249. The number of aromatic nitrogens is 2. The van der Waals surface area contributed by atoms with Gasteiger partial charge in [0, 0.05) is 16.0 Å². The summed E-state index contributed by atoms with van der Waals surface area (Å²) in [5.74, 6) is -0.241. The second kappa shape index (κ2) is 8.67. The Morgan fingerprint density at radius 3 is 2.58 bits per heavy atom. The van der Waals surface area contributed by atoms with Gasteiger partial charge in [-0.1, -0.05) is 6.07 Å². The number of morpholine rings is 1. The van der Waals surface area contributed by atoms with Gasteiger partial charge in [0.25, 0.3) is 15.9 Å². The number of carbonyl (C=O) groups is 1. The maximum Gasteiger partial charge on any atom is 0.264 e. The molecule has 2 aromatic carbocycles. The average molecular weight is 552 g/mol. The number of sulfonamides is 1. The average Bonchev–Trinajstić information content (AvgIpc) is 2.73. The van der Waals surface area contributed by atoms with Crippen LogP contribution in [0.25, 0.3) is 11.0 Å². The van der Waals surface area contributed by atoms with Gasteiger partial charge in [-0.2, -0.15) is 0 Å². The molecule has 8 nitrogen and oxygen atoms in total. The molecule has 0 radical (unpaired) electrons. The molecule has 2 atom stereocenters. The predicted octanol–water partition coefficient (Wildman–Crippen LogP) is 3.28. The molecule has 162 valence electrons. The van der Waals surface area contributed by atoms with Gasteiger partial charge in [0.2, 0.25) is 0 Å². The number of carbonyl (C=O) groups excluding carboxylic acids is 1. The van der Waals surface area contributed by atoms with E-state index < -0.39 is 10.0 Å². The Bertz CT molecular complexity index is 1240. The molecule has 2 unspecified atom stereocenters. The van der Waals surface area contributed by atoms with Crippen LogP contribution in [0, 0.1) is 3.57 Å². The summed E-state index contributed by atoms with van der Waals surface area (Å²) >= 11 is 2.09. The normalized spacial score (nSPS) is 19.4. The Hall–Kier alpha value is -2.31. The number of para-hydroxylation sites is 1. The van der Waals surface area contributed by atoms with Crippen LogP contribution in [-0.4, -0.2) is 54.5 Å². The van der Waals surface area contributed by atoms with Crippen LogP contribution >= 0.6 is 22.6 Å². The van der Waals surface area contributed by atoms with E-state index in [1.165, 1.54) is 18.5 Å². The van der Waals surface area contributed by atoms with Crippen molar-refractivity contribution in [3.8, 4) is 0 Å². The number of benzene rings is 2. The number of hydrogen-bond donors (Lipinski definition) is 1. The molecule has 1 saturated heterocycles. The van der Waals surface area contributed by atoms with Gasteiger partial charge in [-0.15, -0.1) is 0 Å². The van der Waals surface area contributed by atoms with Crippen molar-refractivity contribution in [3.63, 3.8) is 0 Å². The maximum atomic E-state index is 13.4. The van der Waals surface area contributed by atoms with E-state index in [1.54, 1.807) is 35.2 Å². The quantitative estimate of drug-likeness (QED) is 0.499. The maximum absolute atomic E-state index is 13.4. The number of amides is 1. The molecule has 3 aromatic rings. The zero-order valence-electron chi connectivity index (χ0n) is 16.9. The third-order valence-electron chi connectivity index (χ3n) is 5.11. The third-order valence-corrected chi connectivity index (χ3v) is 7.18. The summed E-state index contributed by atoms with van der Waals surface area (Å²) in [6.07, 6.45) is 2.95. The molecule has 1 aliphatic heterocycles. The molecule has 0 bridgehead atoms. The summed E-state index contributed by atoms with van der Waals surface area (Å²) in [6, 6.07) is 9.64. The van der Waals surface area contributed by atoms with Gasteiger partial charge in [0.1, 0.15) is 10.4 Å². The van der Waals surface area contributed by atoms with Crippen LogP contribution in [0.5, 0.6) is 0 Å². The van der Waals surface area contributed by atoms with Crippen LogP contribution in [0.3, 0.4) is 0 Å². The summed E-state index contributed by atoms with van der Waals surface area (Å²) in [6.45, 7) is 4.71. The fourth-order valence-electron chi connectivity index (χ4n) is 3.71. The van der Waals surface area contributed by atoms with E-state index in [1.807, 2.05) is 13.8 Å². The molecule has 0 aliphatic carbocycles. The Morgan fingerprint density at radius 1 is 1.13 bits per heavy atom. The highest BCUT2D eigenvalue weighted by Crippen LogP contribution is 2.28. The Balaban J connectivity index is 1.75. The minimum Gasteiger partial charge on any atom is -0.377 e. The monoisotopic (exact) mass is 552 g/mol. The van der Waals surface area contributed by atoms with Gasteiger partial charge in [-0.05, 0) is 66.8 Å². The van der Waals surface area contributed by atoms with Crippen molar-refractivity contribution in [1.82, 2.24) is 14.9 Å². The molecular weight excluding hydrogens is 531 g/mol. The summed E-state index contributed by atoms with van der Waals surface area (Å²) in [5.41, 5.74) is 1.26. The van der Waals surface area contributed by atoms with Gasteiger partial charge in [-0.3, -0.25) is 19.5 Å². The minimum absolute atomic E-state index is 0.00321. The fraction of sp³-hybridized carbons (Fsp3) is 0.286. The smallest absolute Gasteiger partial charge is 0.264 e. The zero-order chi connectivity index (χ0) is 22.2. The van der Waals surface area contributed by atoms with Crippen molar-refractivity contribution in [1.29, 1.82) is 0 Å². The molecule has 1 fully saturated rings. The van der Waals surface area contributed by atoms with Gasteiger partial charge in [0.15, 0.2) is 0 Å². The molecule has 0 saturated carbocycles. The standard InChI is InChI=1S/C21H21IN4O4S/c1-13-11-30-12-14(2)26(13)21(27)16-7-6-15(22)10-18(16)25-31(28,29)19-5-3-4-17-20(19)24-9-8-23-17/h3-10,13-14,25H,11-12H2,1-2H3. The number of nitrogens with one attached hydrogen (secondary N) is 1. The first-order chi connectivity index (χ1) is 14.8. The highest BCUT2D eigenvalue weighted by Gasteiger charge is 2.32. The van der Waals surface area contributed by atoms with E-state index >= 15 is 0 Å². The minimum atomic E-state index is -4.02. The summed E-state index contributed by atoms with van der Waals surface area (Å²) < 4.78 is 35.5. The second-order valence-electron chi connectivity index (χ2n) is 7.42. The number of halogens is 1. The lowest BCUT2D eigenvalue weighted by atomic mass is 10.1. The SMILES string of the molecule is CC1COCC(C)N1C(=O)c1ccc(I)cc1NS(=O)(=O)c1cccc2nccnc12. The Morgan fingerprint density at radius 2 is 1.84 bits per heavy atom. The third kappa shape index (κ3) is 4.37. The zero-order valence-corrected chi connectivity index (χ0v) is 19.9. The molecule has 1 amide bonds. The number of hydrogen-bond acceptors (Lipinski definition) is 6. The van der Waals surface area contributed by atoms with E-state index in [0.29, 0.717) is 18.7 Å². The molecule has 1 N–H and O–H groups in total. The van der Waals surface area contributed by atoms with E-state index in [2.05, 4.69) is 37.3 Å². The van der Waals surface area contributed by atoms with Crippen LogP contribution in [0.15, 0.2) is 53.7 Å². The van der Waals surface area contributed by atoms with Crippen molar-refractivity contribution < 1.29 is 17.9 Å². The van der Waals surface area contributed by atoms with Crippen LogP contribution in [0.1, 0.15) is 24.2 Å². The van der Waals surface area contributed by atoms with Crippen molar-refractivity contribution >= 4 is 55.2 Å². The second-order valence-corrected chi connectivity index (χ2v) is 10.3. The van der Waals surface area contributed by atoms with E-state index in [4.69, 9.17) is 4.74 Å². The summed E-state index contributed by atoms with van der Waals surface area (Å²) in [5, 5.41) is 0. The highest BCUT2D eigenvalue weighted by atomic mass is 127. The Kier molecular flexibility index (Phi) is 6.13. The molecule has 10 heteroatoms. The molecule has 4 rings (SSSR count). The van der Waals surface area contributed by atoms with Gasteiger partial charge in [-0.25, -0.2) is 8.42 Å². The topological polar surface area (TPSA) is 101 Å². The van der Waals surface area contributed by atoms with E-state index in [0.717, 1.165) is 3.57 Å². The first kappa shape index (κ1) is 21.9. The first-order valence-electron chi connectivity index (χ1n) is 9.70. The molecule has 2 heterocycles. The van der Waals surface area contributed by atoms with Crippen molar-refractivity contribution in [2.24, 2.45) is 0 Å². The number of anilines is 1. The number of fused-ring (bicyclic) bond motifs is 1. The van der Waals surface area contributed by atoms with Crippen molar-refractivity contribution in [2.45, 2.75) is 30.8 Å². The lowest BCUT2D eigenvalue weighted by Gasteiger charge is -2.39. The number of nitrogens with zero attached hydrogens (tertiary/aromatic N) is 3. The largest absolute Gasteiger partial charge is 0.377 e. The van der Waals surface area contributed by atoms with Crippen molar-refractivity contribution in [2.75, 3.05) is 17.9 Å². The Labute approximate surface area is 194 Å². The predicted molar refractivity (Wildman–Crippen MR) is 125 cm³/mol. The van der Waals surface area contributed by atoms with Crippen LogP contribution in [-0.2, 0) is 14.8 Å². The fourth-order valence-corrected chi connectivity index (χ4v) is 5.44. The molecule has 1 aromatic heterocycles.